The minimum absolute atomic E-state index is 0.683. The van der Waals surface area contributed by atoms with Gasteiger partial charge in [0.2, 0.25) is 0 Å². The second-order valence-electron chi connectivity index (χ2n) is 8.31. The van der Waals surface area contributed by atoms with Crippen molar-refractivity contribution in [3.63, 3.8) is 0 Å². The number of allylic oxidation sites excluding steroid dienone is 4. The Kier molecular flexibility index (Phi) is 5.33. The van der Waals surface area contributed by atoms with Gasteiger partial charge >= 0.3 is 0 Å². The number of H-pyrrole nitrogens is 2. The highest BCUT2D eigenvalue weighted by Crippen LogP contribution is 2.30. The predicted octanol–water partition coefficient (Wildman–Crippen LogP) is 5.03. The van der Waals surface area contributed by atoms with E-state index in [9.17, 15) is 0 Å². The number of imidazole rings is 2. The Morgan fingerprint density at radius 3 is 2.74 bits per heavy atom. The minimum Gasteiger partial charge on any atom is -0.378 e. The van der Waals surface area contributed by atoms with Gasteiger partial charge in [0.15, 0.2) is 5.82 Å². The van der Waals surface area contributed by atoms with E-state index in [2.05, 4.69) is 56.0 Å². The molecule has 0 saturated carbocycles. The standard InChI is InChI=1S/C26H26N8/c1-6-17(10-19(7-2)33(4)5)18-8-9-21-20(11-18)24(32-31-21)26-29-22-12-27-13-23(25(22)30-26)34-14-16(3)28-15-34/h6-15H,2H2,1,3-5H3,(H,29,30)(H,31,32)/b17-6+,19-10+. The molecule has 5 aromatic rings. The molecular weight excluding hydrogens is 424 g/mol. The Morgan fingerprint density at radius 2 is 2.03 bits per heavy atom. The molecule has 4 aromatic heterocycles. The maximum absolute atomic E-state index is 4.90. The molecule has 34 heavy (non-hydrogen) atoms. The van der Waals surface area contributed by atoms with Crippen LogP contribution in [0.25, 0.3) is 44.7 Å². The van der Waals surface area contributed by atoms with Gasteiger partial charge in [-0.1, -0.05) is 18.7 Å². The van der Waals surface area contributed by atoms with Gasteiger partial charge in [0.25, 0.3) is 0 Å². The molecule has 0 atom stereocenters. The fraction of sp³-hybridized carbons (Fsp3) is 0.154. The Bertz CT molecular complexity index is 1570. The molecule has 0 spiro atoms. The predicted molar refractivity (Wildman–Crippen MR) is 136 cm³/mol. The van der Waals surface area contributed by atoms with Crippen molar-refractivity contribution in [1.29, 1.82) is 0 Å². The number of hydrogen-bond acceptors (Lipinski definition) is 5. The number of nitrogens with zero attached hydrogens (tertiary/aromatic N) is 6. The number of aromatic amines is 2. The molecule has 0 radical (unpaired) electrons. The molecular formula is C26H26N8. The largest absolute Gasteiger partial charge is 0.378 e. The van der Waals surface area contributed by atoms with Gasteiger partial charge in [0, 0.05) is 31.4 Å². The first-order chi connectivity index (χ1) is 16.5. The van der Waals surface area contributed by atoms with E-state index in [1.165, 1.54) is 0 Å². The van der Waals surface area contributed by atoms with E-state index in [1.54, 1.807) is 18.7 Å². The maximum Gasteiger partial charge on any atom is 0.159 e. The monoisotopic (exact) mass is 450 g/mol. The fourth-order valence-corrected chi connectivity index (χ4v) is 4.01. The zero-order valence-electron chi connectivity index (χ0n) is 19.7. The summed E-state index contributed by atoms with van der Waals surface area (Å²) < 4.78 is 1.93. The van der Waals surface area contributed by atoms with Crippen LogP contribution in [0, 0.1) is 6.92 Å². The van der Waals surface area contributed by atoms with E-state index in [1.807, 2.05) is 55.7 Å². The number of nitrogens with one attached hydrogen (secondary N) is 2. The molecule has 0 fully saturated rings. The first-order valence-electron chi connectivity index (χ1n) is 11.0. The zero-order chi connectivity index (χ0) is 23.8. The Balaban J connectivity index is 1.62. The molecule has 2 N–H and O–H groups in total. The van der Waals surface area contributed by atoms with Crippen LogP contribution in [0.4, 0.5) is 0 Å². The van der Waals surface area contributed by atoms with Crippen molar-refractivity contribution in [3.05, 3.63) is 84.9 Å². The average molecular weight is 451 g/mol. The van der Waals surface area contributed by atoms with Gasteiger partial charge in [0.1, 0.15) is 11.2 Å². The van der Waals surface area contributed by atoms with Crippen molar-refractivity contribution >= 4 is 27.5 Å². The van der Waals surface area contributed by atoms with Crippen LogP contribution < -0.4 is 0 Å². The third kappa shape index (κ3) is 3.69. The number of fused-ring (bicyclic) bond motifs is 2. The molecule has 0 aliphatic heterocycles. The first-order valence-corrected chi connectivity index (χ1v) is 11.0. The van der Waals surface area contributed by atoms with E-state index in [-0.39, 0.29) is 0 Å². The van der Waals surface area contributed by atoms with Gasteiger partial charge in [-0.15, -0.1) is 0 Å². The summed E-state index contributed by atoms with van der Waals surface area (Å²) in [7, 11) is 4.02. The lowest BCUT2D eigenvalue weighted by atomic mass is 10.0. The molecule has 1 aromatic carbocycles. The molecule has 0 aliphatic rings. The zero-order valence-corrected chi connectivity index (χ0v) is 19.7. The molecule has 5 rings (SSSR count). The van der Waals surface area contributed by atoms with Crippen LogP contribution in [0.5, 0.6) is 0 Å². The van der Waals surface area contributed by atoms with Crippen LogP contribution in [-0.2, 0) is 0 Å². The van der Waals surface area contributed by atoms with Crippen molar-refractivity contribution in [3.8, 4) is 17.2 Å². The number of benzene rings is 1. The third-order valence-electron chi connectivity index (χ3n) is 5.83. The number of aryl methyl sites for hydroxylation is 1. The topological polar surface area (TPSA) is 91.3 Å². The van der Waals surface area contributed by atoms with E-state index < -0.39 is 0 Å². The Morgan fingerprint density at radius 1 is 1.18 bits per heavy atom. The van der Waals surface area contributed by atoms with Crippen LogP contribution in [0.15, 0.2) is 73.6 Å². The van der Waals surface area contributed by atoms with Crippen LogP contribution in [0.2, 0.25) is 0 Å². The number of likely N-dealkylation sites (N-methyl/N-ethyl adjacent to an activating group) is 1. The summed E-state index contributed by atoms with van der Waals surface area (Å²) in [5.41, 5.74) is 8.38. The third-order valence-corrected chi connectivity index (χ3v) is 5.83. The number of pyridine rings is 1. The lowest BCUT2D eigenvalue weighted by Gasteiger charge is -2.14. The summed E-state index contributed by atoms with van der Waals surface area (Å²) >= 11 is 0. The normalized spacial score (nSPS) is 12.6. The molecule has 8 nitrogen and oxygen atoms in total. The van der Waals surface area contributed by atoms with Crippen LogP contribution in [0.1, 0.15) is 18.2 Å². The van der Waals surface area contributed by atoms with Crippen molar-refractivity contribution in [2.45, 2.75) is 13.8 Å². The SMILES string of the molecule is C=C/C(=C\C(=C/C)c1ccc2[nH]nc(-c3nc4c(-n5cnc(C)c5)cncc4[nH]3)c2c1)N(C)C. The Hall–Kier alpha value is -4.46. The second kappa shape index (κ2) is 8.47. The van der Waals surface area contributed by atoms with Gasteiger partial charge in [0.05, 0.1) is 41.1 Å². The second-order valence-corrected chi connectivity index (χ2v) is 8.31. The average Bonchev–Trinajstić information content (AvgIpc) is 3.56. The van der Waals surface area contributed by atoms with Crippen molar-refractivity contribution in [2.24, 2.45) is 0 Å². The molecule has 8 heteroatoms. The lowest BCUT2D eigenvalue weighted by molar-refractivity contribution is 0.530. The highest BCUT2D eigenvalue weighted by Gasteiger charge is 2.16. The summed E-state index contributed by atoms with van der Waals surface area (Å²) in [6.07, 6.45) is 13.4. The summed E-state index contributed by atoms with van der Waals surface area (Å²) in [4.78, 5) is 19.0. The van der Waals surface area contributed by atoms with Crippen molar-refractivity contribution in [2.75, 3.05) is 14.1 Å². The van der Waals surface area contributed by atoms with Gasteiger partial charge in [-0.3, -0.25) is 10.1 Å². The number of rotatable bonds is 6. The number of aromatic nitrogens is 7. The van der Waals surface area contributed by atoms with Crippen LogP contribution in [0.3, 0.4) is 0 Å². The molecule has 0 saturated heterocycles. The van der Waals surface area contributed by atoms with Crippen molar-refractivity contribution < 1.29 is 0 Å². The molecule has 4 heterocycles. The van der Waals surface area contributed by atoms with Crippen LogP contribution >= 0.6 is 0 Å². The summed E-state index contributed by atoms with van der Waals surface area (Å²) in [5.74, 6) is 0.683. The lowest BCUT2D eigenvalue weighted by Crippen LogP contribution is -2.09. The fourth-order valence-electron chi connectivity index (χ4n) is 4.01. The van der Waals surface area contributed by atoms with Gasteiger partial charge in [-0.25, -0.2) is 9.97 Å². The summed E-state index contributed by atoms with van der Waals surface area (Å²) in [6, 6.07) is 6.28. The van der Waals surface area contributed by atoms with Crippen LogP contribution in [-0.4, -0.2) is 53.7 Å². The van der Waals surface area contributed by atoms with Gasteiger partial charge in [-0.2, -0.15) is 5.10 Å². The molecule has 0 unspecified atom stereocenters. The number of hydrogen-bond donors (Lipinski definition) is 2. The first kappa shape index (κ1) is 21.4. The minimum atomic E-state index is 0.683. The van der Waals surface area contributed by atoms with E-state index >= 15 is 0 Å². The molecule has 0 bridgehead atoms. The van der Waals surface area contributed by atoms with E-state index in [4.69, 9.17) is 4.98 Å². The highest BCUT2D eigenvalue weighted by atomic mass is 15.1. The maximum atomic E-state index is 4.90. The summed E-state index contributed by atoms with van der Waals surface area (Å²) in [6.45, 7) is 7.93. The Labute approximate surface area is 197 Å². The quantitative estimate of drug-likeness (QED) is 0.354. The molecule has 0 amide bonds. The highest BCUT2D eigenvalue weighted by molar-refractivity contribution is 5.96. The van der Waals surface area contributed by atoms with E-state index in [0.29, 0.717) is 5.82 Å². The molecule has 0 aliphatic carbocycles. The van der Waals surface area contributed by atoms with Gasteiger partial charge < -0.3 is 14.5 Å². The van der Waals surface area contributed by atoms with Gasteiger partial charge in [-0.05, 0) is 49.3 Å². The summed E-state index contributed by atoms with van der Waals surface area (Å²) in [5, 5.41) is 8.70. The smallest absolute Gasteiger partial charge is 0.159 e. The van der Waals surface area contributed by atoms with E-state index in [0.717, 1.165) is 55.8 Å². The van der Waals surface area contributed by atoms with Crippen molar-refractivity contribution in [1.82, 2.24) is 39.6 Å². The molecule has 170 valence electrons.